The fourth-order valence-electron chi connectivity index (χ4n) is 1.59. The Balaban J connectivity index is 2.01. The second kappa shape index (κ2) is 6.22. The van der Waals surface area contributed by atoms with E-state index in [1.54, 1.807) is 24.3 Å². The Morgan fingerprint density at radius 2 is 1.70 bits per heavy atom. The molecule has 5 heteroatoms. The number of carbonyl (C=O) groups excluding carboxylic acids is 1. The minimum absolute atomic E-state index is 0.328. The number of nitrogens with zero attached hydrogens (tertiary/aromatic N) is 1. The topological polar surface area (TPSA) is 64.9 Å². The maximum atomic E-state index is 11.8. The Morgan fingerprint density at radius 1 is 1.10 bits per heavy atom. The summed E-state index contributed by atoms with van der Waals surface area (Å²) in [5.74, 6) is 0. The second-order valence-corrected chi connectivity index (χ2v) is 5.09. The number of urea groups is 1. The van der Waals surface area contributed by atoms with Crippen LogP contribution in [-0.2, 0) is 0 Å². The highest BCUT2D eigenvalue weighted by atomic mass is 79.9. The summed E-state index contributed by atoms with van der Waals surface area (Å²) in [5, 5.41) is 14.1. The lowest BCUT2D eigenvalue weighted by Crippen LogP contribution is -2.19. The van der Waals surface area contributed by atoms with Crippen LogP contribution in [0.2, 0.25) is 0 Å². The maximum Gasteiger partial charge on any atom is 0.323 e. The lowest BCUT2D eigenvalue weighted by molar-refractivity contribution is 0.262. The molecule has 0 saturated carbocycles. The van der Waals surface area contributed by atoms with E-state index in [2.05, 4.69) is 26.6 Å². The molecule has 0 aliphatic carbocycles. The van der Waals surface area contributed by atoms with E-state index in [0.29, 0.717) is 16.9 Å². The normalized spacial score (nSPS) is 9.65. The van der Waals surface area contributed by atoms with Crippen molar-refractivity contribution in [3.63, 3.8) is 0 Å². The first-order valence-corrected chi connectivity index (χ1v) is 6.72. The monoisotopic (exact) mass is 329 g/mol. The molecule has 0 radical (unpaired) electrons. The van der Waals surface area contributed by atoms with Crippen LogP contribution in [0.25, 0.3) is 0 Å². The van der Waals surface area contributed by atoms with Gasteiger partial charge in [0.05, 0.1) is 11.6 Å². The van der Waals surface area contributed by atoms with E-state index in [0.717, 1.165) is 10.0 Å². The van der Waals surface area contributed by atoms with Gasteiger partial charge in [0.15, 0.2) is 0 Å². The molecule has 0 heterocycles. The molecular formula is C15H12BrN3O. The molecular weight excluding hydrogens is 318 g/mol. The molecule has 0 unspecified atom stereocenters. The second-order valence-electron chi connectivity index (χ2n) is 4.23. The summed E-state index contributed by atoms with van der Waals surface area (Å²) in [7, 11) is 0. The van der Waals surface area contributed by atoms with Crippen LogP contribution < -0.4 is 10.6 Å². The van der Waals surface area contributed by atoms with Crippen molar-refractivity contribution in [1.29, 1.82) is 5.26 Å². The van der Waals surface area contributed by atoms with Gasteiger partial charge in [-0.15, -0.1) is 0 Å². The van der Waals surface area contributed by atoms with Crippen LogP contribution in [0.3, 0.4) is 0 Å². The van der Waals surface area contributed by atoms with Gasteiger partial charge in [0.1, 0.15) is 0 Å². The number of benzene rings is 2. The molecule has 0 aliphatic rings. The van der Waals surface area contributed by atoms with Crippen LogP contribution in [0.1, 0.15) is 11.1 Å². The summed E-state index contributed by atoms with van der Waals surface area (Å²) in [6.45, 7) is 1.98. The van der Waals surface area contributed by atoms with Gasteiger partial charge in [-0.2, -0.15) is 5.26 Å². The zero-order chi connectivity index (χ0) is 14.5. The Labute approximate surface area is 125 Å². The quantitative estimate of drug-likeness (QED) is 0.863. The molecule has 2 aromatic rings. The fraction of sp³-hybridized carbons (Fsp3) is 0.0667. The van der Waals surface area contributed by atoms with Crippen molar-refractivity contribution >= 4 is 33.3 Å². The molecule has 0 aliphatic heterocycles. The Bertz CT molecular complexity index is 675. The molecule has 2 amide bonds. The van der Waals surface area contributed by atoms with Gasteiger partial charge in [0.25, 0.3) is 0 Å². The smallest absolute Gasteiger partial charge is 0.308 e. The average molecular weight is 330 g/mol. The number of nitriles is 1. The van der Waals surface area contributed by atoms with E-state index in [4.69, 9.17) is 5.26 Å². The average Bonchev–Trinajstić information content (AvgIpc) is 2.44. The van der Waals surface area contributed by atoms with Crippen molar-refractivity contribution in [2.45, 2.75) is 6.92 Å². The predicted molar refractivity (Wildman–Crippen MR) is 82.7 cm³/mol. The van der Waals surface area contributed by atoms with E-state index in [1.807, 2.05) is 31.2 Å². The summed E-state index contributed by atoms with van der Waals surface area (Å²) in [6.07, 6.45) is 0. The lowest BCUT2D eigenvalue weighted by Gasteiger charge is -2.08. The van der Waals surface area contributed by atoms with E-state index in [1.165, 1.54) is 0 Å². The molecule has 0 aromatic heterocycles. The minimum Gasteiger partial charge on any atom is -0.308 e. The van der Waals surface area contributed by atoms with Gasteiger partial charge in [-0.3, -0.25) is 0 Å². The third kappa shape index (κ3) is 3.59. The molecule has 0 bridgehead atoms. The van der Waals surface area contributed by atoms with E-state index >= 15 is 0 Å². The highest BCUT2D eigenvalue weighted by Gasteiger charge is 2.04. The number of halogens is 1. The fourth-order valence-corrected chi connectivity index (χ4v) is 1.97. The van der Waals surface area contributed by atoms with Gasteiger partial charge < -0.3 is 10.6 Å². The van der Waals surface area contributed by atoms with Gasteiger partial charge in [-0.05, 0) is 48.9 Å². The van der Waals surface area contributed by atoms with E-state index in [9.17, 15) is 4.79 Å². The summed E-state index contributed by atoms with van der Waals surface area (Å²) in [6, 6.07) is 14.0. The highest BCUT2D eigenvalue weighted by Crippen LogP contribution is 2.20. The zero-order valence-electron chi connectivity index (χ0n) is 10.8. The van der Waals surface area contributed by atoms with Gasteiger partial charge in [0, 0.05) is 15.8 Å². The van der Waals surface area contributed by atoms with Crippen molar-refractivity contribution in [3.05, 3.63) is 58.1 Å². The number of rotatable bonds is 2. The summed E-state index contributed by atoms with van der Waals surface area (Å²) in [4.78, 5) is 11.8. The summed E-state index contributed by atoms with van der Waals surface area (Å²) >= 11 is 3.42. The van der Waals surface area contributed by atoms with Gasteiger partial charge in [0.2, 0.25) is 0 Å². The van der Waals surface area contributed by atoms with Crippen LogP contribution in [0.4, 0.5) is 16.2 Å². The van der Waals surface area contributed by atoms with Crippen LogP contribution in [0.5, 0.6) is 0 Å². The standard InChI is InChI=1S/C15H12BrN3O/c1-10-2-5-13(8-14(10)16)19-15(20)18-12-6-3-11(9-17)4-7-12/h2-8H,1H3,(H2,18,19,20). The third-order valence-corrected chi connectivity index (χ3v) is 3.56. The Kier molecular flexibility index (Phi) is 4.38. The molecule has 4 nitrogen and oxygen atoms in total. The summed E-state index contributed by atoms with van der Waals surface area (Å²) < 4.78 is 0.939. The van der Waals surface area contributed by atoms with E-state index in [-0.39, 0.29) is 6.03 Å². The van der Waals surface area contributed by atoms with Crippen LogP contribution in [0, 0.1) is 18.3 Å². The largest absolute Gasteiger partial charge is 0.323 e. The van der Waals surface area contributed by atoms with Gasteiger partial charge in [-0.1, -0.05) is 22.0 Å². The van der Waals surface area contributed by atoms with E-state index < -0.39 is 0 Å². The number of nitrogens with one attached hydrogen (secondary N) is 2. The van der Waals surface area contributed by atoms with Crippen molar-refractivity contribution in [1.82, 2.24) is 0 Å². The molecule has 100 valence electrons. The highest BCUT2D eigenvalue weighted by molar-refractivity contribution is 9.10. The van der Waals surface area contributed by atoms with Crippen molar-refractivity contribution in [3.8, 4) is 6.07 Å². The van der Waals surface area contributed by atoms with Crippen LogP contribution >= 0.6 is 15.9 Å². The van der Waals surface area contributed by atoms with Crippen molar-refractivity contribution < 1.29 is 4.79 Å². The molecule has 0 spiro atoms. The first kappa shape index (κ1) is 14.1. The van der Waals surface area contributed by atoms with Crippen molar-refractivity contribution in [2.24, 2.45) is 0 Å². The number of hydrogen-bond acceptors (Lipinski definition) is 2. The Hall–Kier alpha value is -2.32. The molecule has 2 aromatic carbocycles. The molecule has 0 atom stereocenters. The maximum absolute atomic E-state index is 11.8. The number of amides is 2. The first-order valence-electron chi connectivity index (χ1n) is 5.93. The lowest BCUT2D eigenvalue weighted by atomic mass is 10.2. The van der Waals surface area contributed by atoms with Crippen LogP contribution in [-0.4, -0.2) is 6.03 Å². The van der Waals surface area contributed by atoms with Crippen molar-refractivity contribution in [2.75, 3.05) is 10.6 Å². The molecule has 2 rings (SSSR count). The molecule has 20 heavy (non-hydrogen) atoms. The number of anilines is 2. The number of hydrogen-bond donors (Lipinski definition) is 2. The third-order valence-electron chi connectivity index (χ3n) is 2.70. The number of aryl methyl sites for hydroxylation is 1. The van der Waals surface area contributed by atoms with Gasteiger partial charge in [-0.25, -0.2) is 4.79 Å². The molecule has 0 saturated heterocycles. The van der Waals surface area contributed by atoms with Crippen LogP contribution in [0.15, 0.2) is 46.9 Å². The zero-order valence-corrected chi connectivity index (χ0v) is 12.4. The number of carbonyl (C=O) groups is 1. The Morgan fingerprint density at radius 3 is 2.30 bits per heavy atom. The molecule has 2 N–H and O–H groups in total. The SMILES string of the molecule is Cc1ccc(NC(=O)Nc2ccc(C#N)cc2)cc1Br. The molecule has 0 fully saturated rings. The summed E-state index contributed by atoms with van der Waals surface area (Å²) in [5.41, 5.74) is 2.99. The minimum atomic E-state index is -0.328. The predicted octanol–water partition coefficient (Wildman–Crippen LogP) is 4.27. The first-order chi connectivity index (χ1) is 9.58. The van der Waals surface area contributed by atoms with Gasteiger partial charge >= 0.3 is 6.03 Å².